The first-order valence-electron chi connectivity index (χ1n) is 37.5. The first kappa shape index (κ1) is 93.6. The molecule has 28 N–H and O–H groups in total. The summed E-state index contributed by atoms with van der Waals surface area (Å²) in [5, 5.41) is 36.7. The largest absolute Gasteiger partial charge is 0.370 e. The van der Waals surface area contributed by atoms with Gasteiger partial charge in [0.15, 0.2) is 5.96 Å². The number of para-hydroxylation sites is 1. The van der Waals surface area contributed by atoms with E-state index in [1.54, 1.807) is 58.2 Å². The molecule has 1 aliphatic heterocycles. The maximum absolute atomic E-state index is 14.6. The number of nitrogens with zero attached hydrogens (tertiary/aromatic N) is 2. The highest BCUT2D eigenvalue weighted by molar-refractivity contribution is 6.01. The van der Waals surface area contributed by atoms with Gasteiger partial charge >= 0.3 is 0 Å². The molecule has 4 rings (SSSR count). The van der Waals surface area contributed by atoms with E-state index in [4.69, 9.17) is 34.4 Å². The molecule has 0 aliphatic carbocycles. The lowest BCUT2D eigenvalue weighted by molar-refractivity contribution is -0.136. The number of rotatable bonds is 51. The molecule has 41 heteroatoms. The van der Waals surface area contributed by atoms with Crippen LogP contribution < -0.4 is 109 Å². The number of carbonyl (C=O) groups excluding carboxylic acids is 17. The van der Waals surface area contributed by atoms with E-state index in [0.717, 1.165) is 0 Å². The lowest BCUT2D eigenvalue weighted by Crippen LogP contribution is -2.60. The summed E-state index contributed by atoms with van der Waals surface area (Å²) in [7, 11) is 0. The van der Waals surface area contributed by atoms with Gasteiger partial charge in [-0.25, -0.2) is 4.98 Å². The number of benzene rings is 1. The Morgan fingerprint density at radius 1 is 0.522 bits per heavy atom. The molecule has 0 radical (unpaired) electrons. The molecule has 0 spiro atoms. The van der Waals surface area contributed by atoms with E-state index in [2.05, 4.69) is 94.4 Å². The molecule has 17 amide bonds. The van der Waals surface area contributed by atoms with Crippen LogP contribution in [0.25, 0.3) is 10.9 Å². The minimum Gasteiger partial charge on any atom is -0.370 e. The van der Waals surface area contributed by atoms with Crippen molar-refractivity contribution in [2.75, 3.05) is 26.2 Å². The summed E-state index contributed by atoms with van der Waals surface area (Å²) in [5.41, 5.74) is 34.7. The molecule has 1 aliphatic rings. The Balaban J connectivity index is 1.50. The van der Waals surface area contributed by atoms with Crippen molar-refractivity contribution in [2.24, 2.45) is 63.1 Å². The van der Waals surface area contributed by atoms with Crippen LogP contribution >= 0.6 is 0 Å². The van der Waals surface area contributed by atoms with Gasteiger partial charge in [0.2, 0.25) is 100 Å². The number of hydrogen-bond acceptors (Lipinski definition) is 20. The van der Waals surface area contributed by atoms with Crippen molar-refractivity contribution in [3.63, 3.8) is 0 Å². The Morgan fingerprint density at radius 2 is 1.04 bits per heavy atom. The predicted molar refractivity (Wildman–Crippen MR) is 411 cm³/mol. The number of fused-ring (bicyclic) bond motifs is 1. The summed E-state index contributed by atoms with van der Waals surface area (Å²) in [6.45, 7) is 14.3. The second-order valence-corrected chi connectivity index (χ2v) is 29.5. The monoisotopic (exact) mass is 1590 g/mol. The fourth-order valence-corrected chi connectivity index (χ4v) is 12.1. The minimum absolute atomic E-state index is 0.0200. The summed E-state index contributed by atoms with van der Waals surface area (Å²) in [4.78, 5) is 242. The molecule has 1 saturated heterocycles. The van der Waals surface area contributed by atoms with Crippen LogP contribution in [0, 0.1) is 23.7 Å². The smallest absolute Gasteiger partial charge is 0.243 e. The van der Waals surface area contributed by atoms with Crippen molar-refractivity contribution in [1.29, 1.82) is 0 Å². The number of nitrogens with one attached hydrogen (secondary N) is 16. The molecular weight excluding hydrogens is 1470 g/mol. The number of H-pyrrole nitrogens is 2. The fraction of sp³-hybridized carbons (Fsp3) is 0.597. The maximum atomic E-state index is 14.6. The highest BCUT2D eigenvalue weighted by atomic mass is 16.2. The zero-order valence-corrected chi connectivity index (χ0v) is 65.3. The van der Waals surface area contributed by atoms with E-state index in [-0.39, 0.29) is 94.6 Å². The van der Waals surface area contributed by atoms with Gasteiger partial charge in [-0.2, -0.15) is 0 Å². The number of carbonyl (C=O) groups is 17. The van der Waals surface area contributed by atoms with Gasteiger partial charge in [0.05, 0.1) is 31.9 Å². The topological polar surface area (TPSA) is 672 Å². The molecule has 3 heterocycles. The number of amides is 17. The standard InChI is InChI=1S/C72H114N24O17/c1-35(2)23-42(31-82-49(61(76)103)24-36(3)4)87-69(111)52(27-41-30-79-34-85-41)89-59(102)33-84-71(113)60(38(7)8)96-62(104)39(9)86-68(110)51(26-40-29-81-44-14-11-10-13-43(40)44)95-67(109)48(17-20-55(74)98)93-70(112)53(28-56(75)99)90-58(101)32-83-63(105)50(25-37(5)6)94-64(106)45(15-12-22-80-72(77)78)91-66(108)47(16-19-54(73)97)92-65(107)46-18-21-57(100)88-46/h10-11,13-14,29-30,34-39,42,45-53,60,81-82H,12,15-28,31-33H2,1-9H3,(H2,73,97)(H2,74,98)(H2,75,99)(H2,76,103)(H,79,85)(H,83,105)(H,84,113)(H,86,110)(H,87,111)(H,88,100)(H,89,102)(H,90,101)(H,91,108)(H,92,107)(H,93,112)(H,94,106)(H,95,109)(H,96,104)(H4,77,78,80)/t39-,42-,45-,46-,47-,48-,49-,50-,51-,52-,53-,60-/m0/s1. The van der Waals surface area contributed by atoms with E-state index in [1.165, 1.54) is 19.4 Å². The Labute approximate surface area is 653 Å². The van der Waals surface area contributed by atoms with E-state index in [9.17, 15) is 81.5 Å². The second-order valence-electron chi connectivity index (χ2n) is 29.5. The molecule has 1 fully saturated rings. The average molecular weight is 1590 g/mol. The van der Waals surface area contributed by atoms with Gasteiger partial charge < -0.3 is 119 Å². The van der Waals surface area contributed by atoms with Crippen LogP contribution in [-0.4, -0.2) is 220 Å². The number of aromatic nitrogens is 3. The second kappa shape index (κ2) is 46.8. The van der Waals surface area contributed by atoms with Crippen LogP contribution in [0.5, 0.6) is 0 Å². The fourth-order valence-electron chi connectivity index (χ4n) is 12.1. The first-order valence-corrected chi connectivity index (χ1v) is 37.5. The molecule has 0 unspecified atom stereocenters. The molecular formula is C72H114N24O17. The molecule has 3 aromatic rings. The van der Waals surface area contributed by atoms with Crippen LogP contribution in [0.2, 0.25) is 0 Å². The molecule has 0 bridgehead atoms. The SMILES string of the molecule is CC(C)C[C@@H](CN[C@@H](CC(C)C)C(N)=O)NC(=O)[C@H](Cc1cnc[nH]1)NC(=O)CNC(=O)[C@@H](NC(=O)[C@H](C)NC(=O)[C@H](Cc1c[nH]c2ccccc12)NC(=O)[C@H](CCC(N)=O)NC(=O)[C@H](CC(N)=O)NC(=O)CNC(=O)[C@H](CC(C)C)NC(=O)[C@H](CCCN=C(N)N)NC(=O)[C@H](CCC(N)=O)NC(=O)[C@@H]1CCC(=O)N1)C(C)C. The zero-order chi connectivity index (χ0) is 84.3. The molecule has 624 valence electrons. The van der Waals surface area contributed by atoms with E-state index in [1.807, 2.05) is 27.7 Å². The van der Waals surface area contributed by atoms with Crippen LogP contribution in [-0.2, 0) is 94.3 Å². The molecule has 0 saturated carbocycles. The van der Waals surface area contributed by atoms with Crippen molar-refractivity contribution in [2.45, 2.75) is 225 Å². The minimum atomic E-state index is -1.88. The number of imidazole rings is 1. The number of hydrogen-bond donors (Lipinski definition) is 22. The highest BCUT2D eigenvalue weighted by Gasteiger charge is 2.37. The maximum Gasteiger partial charge on any atom is 0.243 e. The highest BCUT2D eigenvalue weighted by Crippen LogP contribution is 2.21. The summed E-state index contributed by atoms with van der Waals surface area (Å²) in [5.74, 6) is -15.9. The van der Waals surface area contributed by atoms with Crippen LogP contribution in [0.4, 0.5) is 0 Å². The van der Waals surface area contributed by atoms with Gasteiger partial charge in [-0.05, 0) is 93.6 Å². The van der Waals surface area contributed by atoms with Crippen molar-refractivity contribution >= 4 is 117 Å². The van der Waals surface area contributed by atoms with E-state index in [0.29, 0.717) is 35.0 Å². The summed E-state index contributed by atoms with van der Waals surface area (Å²) < 4.78 is 0. The van der Waals surface area contributed by atoms with Crippen molar-refractivity contribution < 1.29 is 81.5 Å². The van der Waals surface area contributed by atoms with Gasteiger partial charge in [0.1, 0.15) is 60.4 Å². The first-order chi connectivity index (χ1) is 53.2. The van der Waals surface area contributed by atoms with Crippen LogP contribution in [0.15, 0.2) is 48.0 Å². The van der Waals surface area contributed by atoms with Gasteiger partial charge in [0, 0.05) is 80.2 Å². The third-order valence-corrected chi connectivity index (χ3v) is 17.9. The summed E-state index contributed by atoms with van der Waals surface area (Å²) >= 11 is 0. The van der Waals surface area contributed by atoms with E-state index < -0.39 is 211 Å². The number of guanidine groups is 1. The number of aromatic amines is 2. The molecule has 1 aromatic carbocycles. The van der Waals surface area contributed by atoms with Crippen LogP contribution in [0.3, 0.4) is 0 Å². The zero-order valence-electron chi connectivity index (χ0n) is 65.3. The normalized spacial score (nSPS) is 15.5. The van der Waals surface area contributed by atoms with Gasteiger partial charge in [0.25, 0.3) is 0 Å². The number of primary amides is 4. The third kappa shape index (κ3) is 34.1. The third-order valence-electron chi connectivity index (χ3n) is 17.9. The van der Waals surface area contributed by atoms with Gasteiger partial charge in [-0.3, -0.25) is 86.5 Å². The van der Waals surface area contributed by atoms with E-state index >= 15 is 0 Å². The molecule has 12 atom stereocenters. The Morgan fingerprint density at radius 3 is 1.58 bits per heavy atom. The average Bonchev–Trinajstić information content (AvgIpc) is 1.70. The lowest BCUT2D eigenvalue weighted by atomic mass is 10.0. The quantitative estimate of drug-likeness (QED) is 0.0142. The number of nitrogens with two attached hydrogens (primary N) is 6. The van der Waals surface area contributed by atoms with Gasteiger partial charge in [-0.1, -0.05) is 73.6 Å². The Bertz CT molecular complexity index is 3840. The molecule has 2 aromatic heterocycles. The lowest BCUT2D eigenvalue weighted by Gasteiger charge is -2.27. The van der Waals surface area contributed by atoms with Crippen LogP contribution in [0.1, 0.15) is 151 Å². The van der Waals surface area contributed by atoms with Crippen molar-refractivity contribution in [1.82, 2.24) is 89.4 Å². The van der Waals surface area contributed by atoms with Gasteiger partial charge in [-0.15, -0.1) is 0 Å². The summed E-state index contributed by atoms with van der Waals surface area (Å²) in [6, 6.07) is -8.72. The Hall–Kier alpha value is -11.8. The number of aliphatic imine (C=N–C) groups is 1. The van der Waals surface area contributed by atoms with Crippen molar-refractivity contribution in [3.8, 4) is 0 Å². The molecule has 113 heavy (non-hydrogen) atoms. The Kier molecular flexibility index (Phi) is 38.7. The summed E-state index contributed by atoms with van der Waals surface area (Å²) in [6.07, 6.45) is 2.45. The predicted octanol–water partition coefficient (Wildman–Crippen LogP) is -6.25. The van der Waals surface area contributed by atoms with Crippen molar-refractivity contribution in [3.05, 3.63) is 54.2 Å². The molecule has 41 nitrogen and oxygen atoms in total.